The number of amides is 1. The molecule has 1 aromatic heterocycles. The fourth-order valence-corrected chi connectivity index (χ4v) is 3.64. The summed E-state index contributed by atoms with van der Waals surface area (Å²) in [5, 5.41) is 3.17. The lowest BCUT2D eigenvalue weighted by atomic mass is 10.2. The van der Waals surface area contributed by atoms with Gasteiger partial charge in [-0.05, 0) is 35.9 Å². The Morgan fingerprint density at radius 1 is 1.13 bits per heavy atom. The minimum Gasteiger partial charge on any atom is -0.301 e. The highest BCUT2D eigenvalue weighted by Crippen LogP contribution is 2.26. The van der Waals surface area contributed by atoms with Crippen LogP contribution in [0.15, 0.2) is 42.5 Å². The summed E-state index contributed by atoms with van der Waals surface area (Å²) in [5.41, 5.74) is 1.62. The van der Waals surface area contributed by atoms with Gasteiger partial charge >= 0.3 is 0 Å². The molecule has 0 fully saturated rings. The number of carbonyl (C=O) groups excluding carboxylic acids is 1. The molecule has 0 radical (unpaired) electrons. The van der Waals surface area contributed by atoms with E-state index in [9.17, 15) is 13.6 Å². The second kappa shape index (κ2) is 7.06. The molecule has 3 nitrogen and oxygen atoms in total. The van der Waals surface area contributed by atoms with Crippen molar-refractivity contribution in [3.8, 4) is 0 Å². The van der Waals surface area contributed by atoms with Crippen LogP contribution in [-0.4, -0.2) is 16.6 Å². The Hall–Kier alpha value is -1.99. The fraction of sp³-hybridized carbons (Fsp3) is 0.125. The number of anilines is 1. The quantitative estimate of drug-likeness (QED) is 0.739. The smallest absolute Gasteiger partial charge is 0.236 e. The number of carbonyl (C=O) groups is 1. The zero-order valence-corrected chi connectivity index (χ0v) is 13.5. The normalized spacial score (nSPS) is 10.9. The topological polar surface area (TPSA) is 42.0 Å². The maximum atomic E-state index is 13.1. The molecule has 3 aromatic rings. The van der Waals surface area contributed by atoms with Crippen LogP contribution in [0.1, 0.15) is 5.56 Å². The number of halogens is 2. The van der Waals surface area contributed by atoms with Gasteiger partial charge < -0.3 is 5.32 Å². The molecule has 7 heteroatoms. The van der Waals surface area contributed by atoms with E-state index >= 15 is 0 Å². The standard InChI is InChI=1S/C16H12F2N2OS2/c17-11-3-1-10(2-4-11)8-22-9-15(21)20-16-19-13-6-5-12(18)7-14(13)23-16/h1-7H,8-9H2,(H,19,20,21). The van der Waals surface area contributed by atoms with Crippen LogP contribution >= 0.6 is 23.1 Å². The predicted molar refractivity (Wildman–Crippen MR) is 90.8 cm³/mol. The van der Waals surface area contributed by atoms with Gasteiger partial charge in [0.2, 0.25) is 5.91 Å². The van der Waals surface area contributed by atoms with Gasteiger partial charge in [0.15, 0.2) is 5.13 Å². The van der Waals surface area contributed by atoms with Crippen LogP contribution in [-0.2, 0) is 10.5 Å². The Balaban J connectivity index is 1.53. The predicted octanol–water partition coefficient (Wildman–Crippen LogP) is 4.45. The minimum atomic E-state index is -0.325. The van der Waals surface area contributed by atoms with Crippen molar-refractivity contribution in [2.75, 3.05) is 11.1 Å². The Bertz CT molecular complexity index is 834. The Labute approximate surface area is 139 Å². The maximum absolute atomic E-state index is 13.1. The first kappa shape index (κ1) is 15.9. The van der Waals surface area contributed by atoms with E-state index in [-0.39, 0.29) is 23.3 Å². The number of rotatable bonds is 5. The summed E-state index contributed by atoms with van der Waals surface area (Å²) in [4.78, 5) is 16.1. The molecule has 118 valence electrons. The molecule has 0 spiro atoms. The molecule has 1 heterocycles. The van der Waals surface area contributed by atoms with E-state index in [1.807, 2.05) is 0 Å². The monoisotopic (exact) mass is 350 g/mol. The van der Waals surface area contributed by atoms with Gasteiger partial charge in [-0.3, -0.25) is 4.79 Å². The summed E-state index contributed by atoms with van der Waals surface area (Å²) < 4.78 is 26.6. The molecule has 1 amide bonds. The molecular weight excluding hydrogens is 338 g/mol. The number of nitrogens with zero attached hydrogens (tertiary/aromatic N) is 1. The summed E-state index contributed by atoms with van der Waals surface area (Å²) >= 11 is 2.67. The van der Waals surface area contributed by atoms with Crippen molar-refractivity contribution in [1.29, 1.82) is 0 Å². The second-order valence-electron chi connectivity index (χ2n) is 4.80. The van der Waals surface area contributed by atoms with Crippen molar-refractivity contribution in [1.82, 2.24) is 4.98 Å². The van der Waals surface area contributed by atoms with Crippen LogP contribution in [0.5, 0.6) is 0 Å². The van der Waals surface area contributed by atoms with Crippen LogP contribution in [0, 0.1) is 11.6 Å². The number of aromatic nitrogens is 1. The van der Waals surface area contributed by atoms with Gasteiger partial charge in [-0.2, -0.15) is 0 Å². The number of nitrogens with one attached hydrogen (secondary N) is 1. The van der Waals surface area contributed by atoms with Crippen molar-refractivity contribution in [3.05, 3.63) is 59.7 Å². The first-order valence-corrected chi connectivity index (χ1v) is 8.75. The van der Waals surface area contributed by atoms with E-state index < -0.39 is 0 Å². The zero-order chi connectivity index (χ0) is 16.2. The van der Waals surface area contributed by atoms with E-state index in [1.165, 1.54) is 47.4 Å². The van der Waals surface area contributed by atoms with Crippen LogP contribution in [0.4, 0.5) is 13.9 Å². The van der Waals surface area contributed by atoms with Gasteiger partial charge in [0.1, 0.15) is 11.6 Å². The van der Waals surface area contributed by atoms with E-state index in [0.717, 1.165) is 5.56 Å². The fourth-order valence-electron chi connectivity index (χ4n) is 1.95. The molecule has 0 atom stereocenters. The summed E-state index contributed by atoms with van der Waals surface area (Å²) in [6.07, 6.45) is 0. The number of thiazole rings is 1. The van der Waals surface area contributed by atoms with Gasteiger partial charge in [-0.15, -0.1) is 11.8 Å². The van der Waals surface area contributed by atoms with Crippen LogP contribution < -0.4 is 5.32 Å². The first-order chi connectivity index (χ1) is 11.1. The Kier molecular flexibility index (Phi) is 4.88. The number of fused-ring (bicyclic) bond motifs is 1. The molecule has 0 aliphatic rings. The van der Waals surface area contributed by atoms with E-state index in [2.05, 4.69) is 10.3 Å². The van der Waals surface area contributed by atoms with Gasteiger partial charge in [0.25, 0.3) is 0 Å². The lowest BCUT2D eigenvalue weighted by Gasteiger charge is -2.02. The molecule has 0 unspecified atom stereocenters. The van der Waals surface area contributed by atoms with Gasteiger partial charge in [-0.25, -0.2) is 13.8 Å². The summed E-state index contributed by atoms with van der Waals surface area (Å²) in [7, 11) is 0. The largest absolute Gasteiger partial charge is 0.301 e. The third-order valence-corrected chi connectivity index (χ3v) is 4.95. The van der Waals surface area contributed by atoms with Crippen molar-refractivity contribution < 1.29 is 13.6 Å². The third kappa shape index (κ3) is 4.27. The molecule has 3 rings (SSSR count). The zero-order valence-electron chi connectivity index (χ0n) is 11.9. The average Bonchev–Trinajstić information content (AvgIpc) is 2.90. The van der Waals surface area contributed by atoms with Gasteiger partial charge in [-0.1, -0.05) is 23.5 Å². The molecule has 23 heavy (non-hydrogen) atoms. The van der Waals surface area contributed by atoms with Crippen molar-refractivity contribution in [3.63, 3.8) is 0 Å². The molecule has 0 aliphatic heterocycles. The highest BCUT2D eigenvalue weighted by Gasteiger charge is 2.08. The molecule has 0 aliphatic carbocycles. The van der Waals surface area contributed by atoms with Crippen LogP contribution in [0.2, 0.25) is 0 Å². The molecule has 0 saturated carbocycles. The van der Waals surface area contributed by atoms with Gasteiger partial charge in [0, 0.05) is 5.75 Å². The molecule has 1 N–H and O–H groups in total. The Morgan fingerprint density at radius 2 is 1.87 bits per heavy atom. The Morgan fingerprint density at radius 3 is 2.65 bits per heavy atom. The highest BCUT2D eigenvalue weighted by molar-refractivity contribution is 7.99. The highest BCUT2D eigenvalue weighted by atomic mass is 32.2. The summed E-state index contributed by atoms with van der Waals surface area (Å²) in [6.45, 7) is 0. The van der Waals surface area contributed by atoms with E-state index in [0.29, 0.717) is 21.1 Å². The number of benzene rings is 2. The summed E-state index contributed by atoms with van der Waals surface area (Å²) in [6, 6.07) is 10.5. The number of thioether (sulfide) groups is 1. The second-order valence-corrected chi connectivity index (χ2v) is 6.81. The number of hydrogen-bond acceptors (Lipinski definition) is 4. The van der Waals surface area contributed by atoms with E-state index in [4.69, 9.17) is 0 Å². The summed E-state index contributed by atoms with van der Waals surface area (Å²) in [5.74, 6) is 0.120. The molecule has 2 aromatic carbocycles. The van der Waals surface area contributed by atoms with Crippen LogP contribution in [0.3, 0.4) is 0 Å². The van der Waals surface area contributed by atoms with Crippen molar-refractivity contribution in [2.45, 2.75) is 5.75 Å². The molecular formula is C16H12F2N2OS2. The van der Waals surface area contributed by atoms with Crippen molar-refractivity contribution in [2.24, 2.45) is 0 Å². The lowest BCUT2D eigenvalue weighted by Crippen LogP contribution is -2.13. The minimum absolute atomic E-state index is 0.170. The molecule has 0 saturated heterocycles. The average molecular weight is 350 g/mol. The van der Waals surface area contributed by atoms with E-state index in [1.54, 1.807) is 18.2 Å². The van der Waals surface area contributed by atoms with Crippen molar-refractivity contribution >= 4 is 44.4 Å². The first-order valence-electron chi connectivity index (χ1n) is 6.78. The lowest BCUT2D eigenvalue weighted by molar-refractivity contribution is -0.113. The number of hydrogen-bond donors (Lipinski definition) is 1. The van der Waals surface area contributed by atoms with Gasteiger partial charge in [0.05, 0.1) is 16.0 Å². The van der Waals surface area contributed by atoms with Crippen LogP contribution in [0.25, 0.3) is 10.2 Å². The SMILES string of the molecule is O=C(CSCc1ccc(F)cc1)Nc1nc2ccc(F)cc2s1. The third-order valence-electron chi connectivity index (χ3n) is 3.01. The maximum Gasteiger partial charge on any atom is 0.236 e. The molecule has 0 bridgehead atoms.